The topological polar surface area (TPSA) is 76.8 Å². The number of aromatic nitrogens is 2. The van der Waals surface area contributed by atoms with Gasteiger partial charge in [0.1, 0.15) is 30.0 Å². The van der Waals surface area contributed by atoms with Crippen LogP contribution in [0.1, 0.15) is 23.7 Å². The van der Waals surface area contributed by atoms with E-state index in [0.717, 1.165) is 33.9 Å². The van der Waals surface area contributed by atoms with Gasteiger partial charge in [0.15, 0.2) is 0 Å². The van der Waals surface area contributed by atoms with Gasteiger partial charge in [-0.3, -0.25) is 4.79 Å². The second kappa shape index (κ2) is 9.80. The van der Waals surface area contributed by atoms with Crippen LogP contribution in [-0.2, 0) is 11.3 Å². The summed E-state index contributed by atoms with van der Waals surface area (Å²) in [5.41, 5.74) is 3.70. The van der Waals surface area contributed by atoms with Crippen LogP contribution in [0.4, 0.5) is 5.69 Å². The number of methoxy groups -OCH3 is 1. The lowest BCUT2D eigenvalue weighted by Gasteiger charge is -2.19. The van der Waals surface area contributed by atoms with Crippen molar-refractivity contribution in [2.45, 2.75) is 31.9 Å². The van der Waals surface area contributed by atoms with Crippen LogP contribution in [0.3, 0.4) is 0 Å². The molecule has 0 saturated carbocycles. The number of rotatable bonds is 8. The summed E-state index contributed by atoms with van der Waals surface area (Å²) in [6, 6.07) is 23.2. The normalized spacial score (nSPS) is 16.6. The third-order valence-corrected chi connectivity index (χ3v) is 6.36. The van der Waals surface area contributed by atoms with Crippen molar-refractivity contribution in [2.75, 3.05) is 25.2 Å². The second-order valence-electron chi connectivity index (χ2n) is 8.96. The molecule has 0 bridgehead atoms. The van der Waals surface area contributed by atoms with E-state index in [0.29, 0.717) is 25.3 Å². The van der Waals surface area contributed by atoms with Crippen molar-refractivity contribution in [3.63, 3.8) is 0 Å². The second-order valence-corrected chi connectivity index (χ2v) is 8.96. The van der Waals surface area contributed by atoms with Crippen molar-refractivity contribution in [2.24, 2.45) is 0 Å². The predicted octanol–water partition coefficient (Wildman–Crippen LogP) is 4.31. The van der Waals surface area contributed by atoms with E-state index in [4.69, 9.17) is 14.5 Å². The molecule has 3 aromatic carbocycles. The smallest absolute Gasteiger partial charge is 0.227 e. The van der Waals surface area contributed by atoms with Gasteiger partial charge >= 0.3 is 0 Å². The summed E-state index contributed by atoms with van der Waals surface area (Å²) in [6.07, 6.45) is -0.380. The van der Waals surface area contributed by atoms with Crippen LogP contribution in [0.2, 0.25) is 0 Å². The van der Waals surface area contributed by atoms with Crippen molar-refractivity contribution in [1.29, 1.82) is 0 Å². The third-order valence-electron chi connectivity index (χ3n) is 6.36. The van der Waals surface area contributed by atoms with Gasteiger partial charge in [0.25, 0.3) is 0 Å². The van der Waals surface area contributed by atoms with Crippen LogP contribution in [0.5, 0.6) is 11.5 Å². The Balaban J connectivity index is 1.38. The van der Waals surface area contributed by atoms with Crippen LogP contribution in [0, 0.1) is 6.92 Å². The summed E-state index contributed by atoms with van der Waals surface area (Å²) in [7, 11) is 1.62. The molecule has 1 aromatic heterocycles. The van der Waals surface area contributed by atoms with Gasteiger partial charge in [-0.2, -0.15) is 0 Å². The van der Waals surface area contributed by atoms with E-state index in [9.17, 15) is 9.90 Å². The zero-order valence-electron chi connectivity index (χ0n) is 19.9. The Morgan fingerprint density at radius 3 is 2.69 bits per heavy atom. The molecule has 7 nitrogen and oxygen atoms in total. The largest absolute Gasteiger partial charge is 0.497 e. The molecule has 0 aliphatic carbocycles. The lowest BCUT2D eigenvalue weighted by molar-refractivity contribution is -0.117. The molecule has 0 radical (unpaired) electrons. The highest BCUT2D eigenvalue weighted by Gasteiger charge is 2.35. The van der Waals surface area contributed by atoms with Gasteiger partial charge in [0.05, 0.1) is 24.7 Å². The standard InChI is InChI=1S/C28H29N3O4/c1-19-7-5-10-24(13-19)35-18-22(32)17-31-26-12-4-3-11-25(26)29-28(31)20-14-27(33)30(16-20)21-8-6-9-23(15-21)34-2/h3-13,15,20,22,32H,14,16-18H2,1-2H3/t20-,22+/m1/s1. The molecule has 180 valence electrons. The maximum atomic E-state index is 13.0. The SMILES string of the molecule is COc1cccc(N2C[C@H](c3nc4ccccc4n3C[C@H](O)COc3cccc(C)c3)CC2=O)c1. The first kappa shape index (κ1) is 22.9. The molecule has 35 heavy (non-hydrogen) atoms. The number of carbonyl (C=O) groups is 1. The van der Waals surface area contributed by atoms with Crippen LogP contribution in [0.25, 0.3) is 11.0 Å². The molecule has 1 amide bonds. The Bertz CT molecular complexity index is 1350. The average Bonchev–Trinajstić information content (AvgIpc) is 3.43. The number of imidazole rings is 1. The quantitative estimate of drug-likeness (QED) is 0.414. The minimum absolute atomic E-state index is 0.0465. The van der Waals surface area contributed by atoms with Gasteiger partial charge in [0.2, 0.25) is 5.91 Å². The fourth-order valence-electron chi connectivity index (χ4n) is 4.67. The molecule has 0 unspecified atom stereocenters. The van der Waals surface area contributed by atoms with Gasteiger partial charge < -0.3 is 24.0 Å². The minimum atomic E-state index is -0.738. The summed E-state index contributed by atoms with van der Waals surface area (Å²) in [5, 5.41) is 10.9. The van der Waals surface area contributed by atoms with E-state index in [1.54, 1.807) is 12.0 Å². The Kier molecular flexibility index (Phi) is 6.42. The first-order chi connectivity index (χ1) is 17.0. The molecule has 2 heterocycles. The molecule has 1 aliphatic heterocycles. The number of para-hydroxylation sites is 2. The molecule has 7 heteroatoms. The fraction of sp³-hybridized carbons (Fsp3) is 0.286. The molecule has 1 N–H and O–H groups in total. The highest BCUT2D eigenvalue weighted by molar-refractivity contribution is 5.96. The molecular formula is C28H29N3O4. The van der Waals surface area contributed by atoms with Crippen molar-refractivity contribution < 1.29 is 19.4 Å². The van der Waals surface area contributed by atoms with Gasteiger partial charge in [-0.1, -0.05) is 30.3 Å². The Morgan fingerprint density at radius 2 is 1.86 bits per heavy atom. The maximum absolute atomic E-state index is 13.0. The molecule has 1 fully saturated rings. The van der Waals surface area contributed by atoms with Gasteiger partial charge in [-0.25, -0.2) is 4.98 Å². The lowest BCUT2D eigenvalue weighted by Crippen LogP contribution is -2.26. The number of nitrogens with zero attached hydrogens (tertiary/aromatic N) is 3. The average molecular weight is 472 g/mol. The maximum Gasteiger partial charge on any atom is 0.227 e. The van der Waals surface area contributed by atoms with E-state index in [2.05, 4.69) is 0 Å². The zero-order chi connectivity index (χ0) is 24.4. The van der Waals surface area contributed by atoms with Gasteiger partial charge in [-0.05, 0) is 48.9 Å². The van der Waals surface area contributed by atoms with E-state index < -0.39 is 6.10 Å². The van der Waals surface area contributed by atoms with Gasteiger partial charge in [-0.15, -0.1) is 0 Å². The van der Waals surface area contributed by atoms with Crippen LogP contribution in [0.15, 0.2) is 72.8 Å². The number of amides is 1. The fourth-order valence-corrected chi connectivity index (χ4v) is 4.67. The summed E-state index contributed by atoms with van der Waals surface area (Å²) >= 11 is 0. The monoisotopic (exact) mass is 471 g/mol. The van der Waals surface area contributed by atoms with Crippen molar-refractivity contribution >= 4 is 22.6 Å². The molecule has 1 aliphatic rings. The number of anilines is 1. The number of aryl methyl sites for hydroxylation is 1. The van der Waals surface area contributed by atoms with Crippen molar-refractivity contribution in [3.8, 4) is 11.5 Å². The highest BCUT2D eigenvalue weighted by atomic mass is 16.5. The molecule has 1 saturated heterocycles. The number of carbonyl (C=O) groups excluding carboxylic acids is 1. The Hall–Kier alpha value is -3.84. The van der Waals surface area contributed by atoms with E-state index >= 15 is 0 Å². The summed E-state index contributed by atoms with van der Waals surface area (Å²) in [5.74, 6) is 2.20. The minimum Gasteiger partial charge on any atom is -0.497 e. The Morgan fingerprint density at radius 1 is 1.06 bits per heavy atom. The Labute approximate surface area is 204 Å². The number of benzene rings is 3. The van der Waals surface area contributed by atoms with E-state index in [1.165, 1.54) is 0 Å². The molecule has 4 aromatic rings. The first-order valence-electron chi connectivity index (χ1n) is 11.8. The lowest BCUT2D eigenvalue weighted by atomic mass is 10.1. The first-order valence-corrected chi connectivity index (χ1v) is 11.8. The molecule has 5 rings (SSSR count). The highest BCUT2D eigenvalue weighted by Crippen LogP contribution is 2.34. The number of aliphatic hydroxyl groups excluding tert-OH is 1. The van der Waals surface area contributed by atoms with Crippen molar-refractivity contribution in [3.05, 3.63) is 84.2 Å². The predicted molar refractivity (Wildman–Crippen MR) is 135 cm³/mol. The molecule has 2 atom stereocenters. The number of ether oxygens (including phenoxy) is 2. The van der Waals surface area contributed by atoms with Crippen LogP contribution in [-0.4, -0.2) is 46.9 Å². The van der Waals surface area contributed by atoms with Crippen molar-refractivity contribution in [1.82, 2.24) is 9.55 Å². The summed E-state index contributed by atoms with van der Waals surface area (Å²) < 4.78 is 13.2. The number of hydrogen-bond donors (Lipinski definition) is 1. The van der Waals surface area contributed by atoms with E-state index in [1.807, 2.05) is 84.3 Å². The number of fused-ring (bicyclic) bond motifs is 1. The van der Waals surface area contributed by atoms with Crippen LogP contribution >= 0.6 is 0 Å². The van der Waals surface area contributed by atoms with Crippen LogP contribution < -0.4 is 14.4 Å². The third kappa shape index (κ3) is 4.86. The van der Waals surface area contributed by atoms with E-state index in [-0.39, 0.29) is 18.4 Å². The van der Waals surface area contributed by atoms with Gasteiger partial charge in [0, 0.05) is 30.6 Å². The molecule has 0 spiro atoms. The molecular weight excluding hydrogens is 442 g/mol. The summed E-state index contributed by atoms with van der Waals surface area (Å²) in [4.78, 5) is 19.6. The zero-order valence-corrected chi connectivity index (χ0v) is 19.9. The number of hydrogen-bond acceptors (Lipinski definition) is 5. The summed E-state index contributed by atoms with van der Waals surface area (Å²) in [6.45, 7) is 3.01. The number of aliphatic hydroxyl groups is 1.